The van der Waals surface area contributed by atoms with E-state index in [1.54, 1.807) is 24.3 Å². The average Bonchev–Trinajstić information content (AvgIpc) is 2.60. The number of azo groups is 1. The number of anilines is 1. The SMILES string of the molecule is O=C(O)c1ccc(N=Nc2ccc(N(CCO)CCO)cc2)cc1. The van der Waals surface area contributed by atoms with Crippen molar-refractivity contribution in [1.29, 1.82) is 0 Å². The number of aliphatic hydroxyl groups is 2. The maximum atomic E-state index is 10.8. The van der Waals surface area contributed by atoms with Gasteiger partial charge in [-0.2, -0.15) is 10.2 Å². The number of carboxylic acid groups (broad SMARTS) is 1. The molecule has 3 N–H and O–H groups in total. The molecule has 0 spiro atoms. The molecule has 0 aliphatic heterocycles. The molecule has 0 atom stereocenters. The number of hydrogen-bond donors (Lipinski definition) is 3. The Hall–Kier alpha value is -2.77. The molecule has 0 aliphatic carbocycles. The number of nitrogens with zero attached hydrogens (tertiary/aromatic N) is 3. The van der Waals surface area contributed by atoms with Crippen molar-refractivity contribution in [1.82, 2.24) is 0 Å². The van der Waals surface area contributed by atoms with Gasteiger partial charge in [0, 0.05) is 18.8 Å². The monoisotopic (exact) mass is 329 g/mol. The molecule has 0 bridgehead atoms. The summed E-state index contributed by atoms with van der Waals surface area (Å²) in [4.78, 5) is 12.6. The summed E-state index contributed by atoms with van der Waals surface area (Å²) in [6.07, 6.45) is 0. The van der Waals surface area contributed by atoms with E-state index in [-0.39, 0.29) is 18.8 Å². The maximum Gasteiger partial charge on any atom is 0.335 e. The molecule has 7 heteroatoms. The molecule has 2 aromatic carbocycles. The Morgan fingerprint density at radius 1 is 0.833 bits per heavy atom. The third kappa shape index (κ3) is 4.87. The van der Waals surface area contributed by atoms with E-state index < -0.39 is 5.97 Å². The van der Waals surface area contributed by atoms with Gasteiger partial charge in [-0.1, -0.05) is 0 Å². The third-order valence-corrected chi connectivity index (χ3v) is 3.35. The van der Waals surface area contributed by atoms with Crippen LogP contribution in [0.2, 0.25) is 0 Å². The lowest BCUT2D eigenvalue weighted by atomic mass is 10.2. The lowest BCUT2D eigenvalue weighted by Gasteiger charge is -2.22. The minimum absolute atomic E-state index is 0.00774. The van der Waals surface area contributed by atoms with Crippen molar-refractivity contribution < 1.29 is 20.1 Å². The predicted molar refractivity (Wildman–Crippen MR) is 90.4 cm³/mol. The van der Waals surface area contributed by atoms with Gasteiger partial charge in [-0.3, -0.25) is 0 Å². The van der Waals surface area contributed by atoms with E-state index in [0.717, 1.165) is 5.69 Å². The molecular weight excluding hydrogens is 310 g/mol. The molecule has 24 heavy (non-hydrogen) atoms. The molecule has 0 saturated heterocycles. The van der Waals surface area contributed by atoms with Crippen LogP contribution in [0.25, 0.3) is 0 Å². The van der Waals surface area contributed by atoms with Crippen molar-refractivity contribution in [3.05, 3.63) is 54.1 Å². The van der Waals surface area contributed by atoms with Gasteiger partial charge in [-0.25, -0.2) is 4.79 Å². The van der Waals surface area contributed by atoms with Gasteiger partial charge in [0.15, 0.2) is 0 Å². The van der Waals surface area contributed by atoms with Crippen molar-refractivity contribution in [2.75, 3.05) is 31.2 Å². The van der Waals surface area contributed by atoms with Crippen LogP contribution in [0.4, 0.5) is 17.1 Å². The number of rotatable bonds is 8. The first-order valence-electron chi connectivity index (χ1n) is 7.46. The third-order valence-electron chi connectivity index (χ3n) is 3.35. The Kier molecular flexibility index (Phi) is 6.41. The zero-order valence-electron chi connectivity index (χ0n) is 13.0. The van der Waals surface area contributed by atoms with Crippen molar-refractivity contribution in [3.63, 3.8) is 0 Å². The molecular formula is C17H19N3O4. The van der Waals surface area contributed by atoms with Crippen LogP contribution in [0.15, 0.2) is 58.8 Å². The lowest BCUT2D eigenvalue weighted by Crippen LogP contribution is -2.29. The van der Waals surface area contributed by atoms with Crippen LogP contribution in [-0.4, -0.2) is 47.6 Å². The fourth-order valence-electron chi connectivity index (χ4n) is 2.13. The molecule has 2 aromatic rings. The summed E-state index contributed by atoms with van der Waals surface area (Å²) in [5.41, 5.74) is 2.29. The van der Waals surface area contributed by atoms with E-state index in [9.17, 15) is 4.79 Å². The summed E-state index contributed by atoms with van der Waals surface area (Å²) in [6.45, 7) is 0.899. The van der Waals surface area contributed by atoms with E-state index in [4.69, 9.17) is 15.3 Å². The zero-order chi connectivity index (χ0) is 17.4. The second kappa shape index (κ2) is 8.76. The molecule has 0 saturated carbocycles. The summed E-state index contributed by atoms with van der Waals surface area (Å²) in [7, 11) is 0. The number of benzene rings is 2. The average molecular weight is 329 g/mol. The minimum Gasteiger partial charge on any atom is -0.478 e. The summed E-state index contributed by atoms with van der Waals surface area (Å²) < 4.78 is 0. The van der Waals surface area contributed by atoms with Crippen LogP contribution < -0.4 is 4.90 Å². The van der Waals surface area contributed by atoms with Crippen LogP contribution in [0.1, 0.15) is 10.4 Å². The molecule has 0 amide bonds. The number of carbonyl (C=O) groups is 1. The maximum absolute atomic E-state index is 10.8. The van der Waals surface area contributed by atoms with Gasteiger partial charge in [0.2, 0.25) is 0 Å². The largest absolute Gasteiger partial charge is 0.478 e. The number of hydrogen-bond acceptors (Lipinski definition) is 6. The van der Waals surface area contributed by atoms with Gasteiger partial charge in [0.25, 0.3) is 0 Å². The molecule has 0 unspecified atom stereocenters. The van der Waals surface area contributed by atoms with Crippen molar-refractivity contribution >= 4 is 23.0 Å². The van der Waals surface area contributed by atoms with Crippen LogP contribution in [0.3, 0.4) is 0 Å². The van der Waals surface area contributed by atoms with Crippen LogP contribution >= 0.6 is 0 Å². The van der Waals surface area contributed by atoms with Gasteiger partial charge in [0.1, 0.15) is 0 Å². The minimum atomic E-state index is -0.982. The zero-order valence-corrected chi connectivity index (χ0v) is 13.0. The van der Waals surface area contributed by atoms with Gasteiger partial charge < -0.3 is 20.2 Å². The second-order valence-corrected chi connectivity index (χ2v) is 5.00. The fraction of sp³-hybridized carbons (Fsp3) is 0.235. The second-order valence-electron chi connectivity index (χ2n) is 5.00. The Morgan fingerprint density at radius 2 is 1.29 bits per heavy atom. The first-order valence-corrected chi connectivity index (χ1v) is 7.46. The topological polar surface area (TPSA) is 106 Å². The molecule has 0 aromatic heterocycles. The molecule has 0 radical (unpaired) electrons. The lowest BCUT2D eigenvalue weighted by molar-refractivity contribution is 0.0697. The molecule has 0 aliphatic rings. The molecule has 2 rings (SSSR count). The smallest absolute Gasteiger partial charge is 0.335 e. The molecule has 7 nitrogen and oxygen atoms in total. The highest BCUT2D eigenvalue weighted by Gasteiger charge is 2.05. The standard InChI is InChI=1S/C17H19N3O4/c21-11-9-20(10-12-22)16-7-5-15(6-8-16)19-18-14-3-1-13(2-4-14)17(23)24/h1-8,21-22H,9-12H2,(H,23,24). The highest BCUT2D eigenvalue weighted by molar-refractivity contribution is 5.87. The van der Waals surface area contributed by atoms with E-state index in [1.807, 2.05) is 17.0 Å². The molecule has 0 heterocycles. The summed E-state index contributed by atoms with van der Waals surface area (Å²) in [5.74, 6) is -0.982. The molecule has 126 valence electrons. The summed E-state index contributed by atoms with van der Waals surface area (Å²) in [5, 5.41) is 35.1. The Labute approximate surface area is 139 Å². The van der Waals surface area contributed by atoms with Gasteiger partial charge >= 0.3 is 5.97 Å². The first kappa shape index (κ1) is 17.6. The van der Waals surface area contributed by atoms with Crippen molar-refractivity contribution in [2.24, 2.45) is 10.2 Å². The summed E-state index contributed by atoms with van der Waals surface area (Å²) in [6, 6.07) is 13.4. The van der Waals surface area contributed by atoms with E-state index in [2.05, 4.69) is 10.2 Å². The first-order chi connectivity index (χ1) is 11.6. The van der Waals surface area contributed by atoms with Gasteiger partial charge in [-0.15, -0.1) is 0 Å². The highest BCUT2D eigenvalue weighted by Crippen LogP contribution is 2.22. The Balaban J connectivity index is 2.06. The summed E-state index contributed by atoms with van der Waals surface area (Å²) >= 11 is 0. The van der Waals surface area contributed by atoms with Gasteiger partial charge in [-0.05, 0) is 48.5 Å². The number of carboxylic acids is 1. The van der Waals surface area contributed by atoms with Crippen LogP contribution in [0, 0.1) is 0 Å². The van der Waals surface area contributed by atoms with E-state index in [0.29, 0.717) is 24.5 Å². The van der Waals surface area contributed by atoms with Crippen LogP contribution in [0.5, 0.6) is 0 Å². The molecule has 0 fully saturated rings. The Bertz CT molecular complexity index is 678. The number of aromatic carboxylic acids is 1. The predicted octanol–water partition coefficient (Wildman–Crippen LogP) is 2.59. The van der Waals surface area contributed by atoms with E-state index >= 15 is 0 Å². The van der Waals surface area contributed by atoms with E-state index in [1.165, 1.54) is 12.1 Å². The Morgan fingerprint density at radius 3 is 1.71 bits per heavy atom. The normalized spacial score (nSPS) is 10.9. The van der Waals surface area contributed by atoms with Gasteiger partial charge in [0.05, 0.1) is 30.2 Å². The quantitative estimate of drug-likeness (QED) is 0.646. The number of aliphatic hydroxyl groups excluding tert-OH is 2. The van der Waals surface area contributed by atoms with Crippen molar-refractivity contribution in [2.45, 2.75) is 0 Å². The fourth-order valence-corrected chi connectivity index (χ4v) is 2.13. The highest BCUT2D eigenvalue weighted by atomic mass is 16.4. The van der Waals surface area contributed by atoms with Crippen LogP contribution in [-0.2, 0) is 0 Å². The van der Waals surface area contributed by atoms with Crippen molar-refractivity contribution in [3.8, 4) is 0 Å².